The van der Waals surface area contributed by atoms with E-state index in [-0.39, 0.29) is 17.9 Å². The molecule has 1 saturated heterocycles. The Bertz CT molecular complexity index is 694. The van der Waals surface area contributed by atoms with E-state index >= 15 is 0 Å². The lowest BCUT2D eigenvalue weighted by Gasteiger charge is -2.22. The summed E-state index contributed by atoms with van der Waals surface area (Å²) in [4.78, 5) is 31.5. The molecule has 0 radical (unpaired) electrons. The number of rotatable bonds is 3. The van der Waals surface area contributed by atoms with Crippen LogP contribution in [0.25, 0.3) is 10.6 Å². The fourth-order valence-electron chi connectivity index (χ4n) is 2.68. The number of amides is 2. The molecule has 0 saturated carbocycles. The van der Waals surface area contributed by atoms with Crippen molar-refractivity contribution in [3.05, 3.63) is 27.4 Å². The van der Waals surface area contributed by atoms with Gasteiger partial charge in [0.1, 0.15) is 15.9 Å². The second kappa shape index (κ2) is 6.18. The average molecular weight is 335 g/mol. The van der Waals surface area contributed by atoms with Crippen molar-refractivity contribution >= 4 is 34.5 Å². The number of aromatic nitrogens is 1. The van der Waals surface area contributed by atoms with E-state index in [1.54, 1.807) is 23.3 Å². The van der Waals surface area contributed by atoms with Crippen molar-refractivity contribution in [3.63, 3.8) is 0 Å². The first-order valence-corrected chi connectivity index (χ1v) is 8.90. The van der Waals surface area contributed by atoms with Gasteiger partial charge >= 0.3 is 0 Å². The fourth-order valence-corrected chi connectivity index (χ4v) is 4.42. The number of likely N-dealkylation sites (tertiary alicyclic amines) is 1. The van der Waals surface area contributed by atoms with Crippen LogP contribution in [0.1, 0.15) is 28.2 Å². The molecule has 1 N–H and O–H groups in total. The first kappa shape index (κ1) is 15.2. The van der Waals surface area contributed by atoms with Crippen LogP contribution in [0.2, 0.25) is 0 Å². The Labute approximate surface area is 137 Å². The van der Waals surface area contributed by atoms with Crippen LogP contribution in [0.5, 0.6) is 0 Å². The molecule has 1 unspecified atom stereocenters. The molecule has 0 aliphatic carbocycles. The number of nitrogens with zero attached hydrogens (tertiary/aromatic N) is 2. The molecule has 7 heteroatoms. The number of hydrogen-bond acceptors (Lipinski definition) is 5. The maximum atomic E-state index is 12.8. The number of nitrogens with one attached hydrogen (secondary N) is 1. The van der Waals surface area contributed by atoms with Crippen LogP contribution in [0.15, 0.2) is 16.8 Å². The smallest absolute Gasteiger partial charge is 0.266 e. The first-order valence-electron chi connectivity index (χ1n) is 7.14. The van der Waals surface area contributed by atoms with Gasteiger partial charge in [-0.25, -0.2) is 4.98 Å². The van der Waals surface area contributed by atoms with E-state index in [9.17, 15) is 9.59 Å². The number of thiophene rings is 1. The standard InChI is InChI=1S/C15H17N3O2S2/c1-9-12(22-14(17-9)10-5-7-21-8-10)15(20)18-6-3-4-11(18)13(19)16-2/h5,7-8,11H,3-4,6H2,1-2H3,(H,16,19). The summed E-state index contributed by atoms with van der Waals surface area (Å²) >= 11 is 3.02. The molecule has 1 fully saturated rings. The summed E-state index contributed by atoms with van der Waals surface area (Å²) in [5, 5.41) is 7.52. The third kappa shape index (κ3) is 2.66. The van der Waals surface area contributed by atoms with E-state index in [1.807, 2.05) is 23.8 Å². The zero-order valence-electron chi connectivity index (χ0n) is 12.5. The van der Waals surface area contributed by atoms with Crippen molar-refractivity contribution in [3.8, 4) is 10.6 Å². The Kier molecular flexibility index (Phi) is 4.26. The topological polar surface area (TPSA) is 62.3 Å². The monoisotopic (exact) mass is 335 g/mol. The zero-order chi connectivity index (χ0) is 15.7. The molecule has 5 nitrogen and oxygen atoms in total. The summed E-state index contributed by atoms with van der Waals surface area (Å²) in [6, 6.07) is 1.64. The summed E-state index contributed by atoms with van der Waals surface area (Å²) in [5.74, 6) is -0.173. The van der Waals surface area contributed by atoms with Crippen molar-refractivity contribution < 1.29 is 9.59 Å². The molecule has 2 aromatic rings. The van der Waals surface area contributed by atoms with E-state index in [0.717, 1.165) is 29.1 Å². The Morgan fingerprint density at radius 3 is 2.95 bits per heavy atom. The number of hydrogen-bond donors (Lipinski definition) is 1. The van der Waals surface area contributed by atoms with Crippen molar-refractivity contribution in [2.75, 3.05) is 13.6 Å². The number of likely N-dealkylation sites (N-methyl/N-ethyl adjacent to an activating group) is 1. The Morgan fingerprint density at radius 2 is 2.27 bits per heavy atom. The van der Waals surface area contributed by atoms with Crippen molar-refractivity contribution in [1.82, 2.24) is 15.2 Å². The summed E-state index contributed by atoms with van der Waals surface area (Å²) in [6.45, 7) is 2.48. The highest BCUT2D eigenvalue weighted by Gasteiger charge is 2.35. The maximum Gasteiger partial charge on any atom is 0.266 e. The number of carbonyl (C=O) groups excluding carboxylic acids is 2. The minimum Gasteiger partial charge on any atom is -0.357 e. The van der Waals surface area contributed by atoms with Gasteiger partial charge in [-0.2, -0.15) is 11.3 Å². The van der Waals surface area contributed by atoms with Crippen molar-refractivity contribution in [2.45, 2.75) is 25.8 Å². The molecular weight excluding hydrogens is 318 g/mol. The van der Waals surface area contributed by atoms with Crippen LogP contribution in [-0.4, -0.2) is 41.3 Å². The largest absolute Gasteiger partial charge is 0.357 e. The van der Waals surface area contributed by atoms with E-state index in [2.05, 4.69) is 10.3 Å². The van der Waals surface area contributed by atoms with Gasteiger partial charge in [0.2, 0.25) is 5.91 Å². The summed E-state index contributed by atoms with van der Waals surface area (Å²) in [7, 11) is 1.61. The Hall–Kier alpha value is -1.73. The van der Waals surface area contributed by atoms with Gasteiger partial charge in [-0.05, 0) is 31.2 Å². The zero-order valence-corrected chi connectivity index (χ0v) is 14.1. The fraction of sp³-hybridized carbons (Fsp3) is 0.400. The molecule has 2 amide bonds. The summed E-state index contributed by atoms with van der Waals surface area (Å²) < 4.78 is 0. The summed E-state index contributed by atoms with van der Waals surface area (Å²) in [6.07, 6.45) is 1.58. The predicted molar refractivity (Wildman–Crippen MR) is 88.3 cm³/mol. The van der Waals surface area contributed by atoms with Crippen molar-refractivity contribution in [1.29, 1.82) is 0 Å². The third-order valence-corrected chi connectivity index (χ3v) is 5.70. The van der Waals surface area contributed by atoms with E-state index in [0.29, 0.717) is 11.4 Å². The molecular formula is C15H17N3O2S2. The van der Waals surface area contributed by atoms with Crippen LogP contribution < -0.4 is 5.32 Å². The Morgan fingerprint density at radius 1 is 1.45 bits per heavy atom. The number of thiazole rings is 1. The van der Waals surface area contributed by atoms with Gasteiger partial charge in [-0.3, -0.25) is 9.59 Å². The van der Waals surface area contributed by atoms with Gasteiger partial charge in [-0.1, -0.05) is 0 Å². The molecule has 1 atom stereocenters. The molecule has 3 rings (SSSR count). The lowest BCUT2D eigenvalue weighted by atomic mass is 10.2. The lowest BCUT2D eigenvalue weighted by molar-refractivity contribution is -0.124. The second-order valence-corrected chi connectivity index (χ2v) is 7.00. The highest BCUT2D eigenvalue weighted by molar-refractivity contribution is 7.17. The van der Waals surface area contributed by atoms with Gasteiger partial charge < -0.3 is 10.2 Å². The highest BCUT2D eigenvalue weighted by Crippen LogP contribution is 2.31. The van der Waals surface area contributed by atoms with Gasteiger partial charge in [0, 0.05) is 24.5 Å². The van der Waals surface area contributed by atoms with Gasteiger partial charge in [-0.15, -0.1) is 11.3 Å². The molecule has 22 heavy (non-hydrogen) atoms. The van der Waals surface area contributed by atoms with Crippen LogP contribution in [0, 0.1) is 6.92 Å². The van der Waals surface area contributed by atoms with Gasteiger partial charge in [0.15, 0.2) is 0 Å². The minimum absolute atomic E-state index is 0.0809. The molecule has 1 aliphatic heterocycles. The molecule has 1 aliphatic rings. The lowest BCUT2D eigenvalue weighted by Crippen LogP contribution is -2.44. The predicted octanol–water partition coefficient (Wildman–Crippen LogP) is 2.53. The molecule has 3 heterocycles. The number of carbonyl (C=O) groups is 2. The third-order valence-electron chi connectivity index (χ3n) is 3.82. The van der Waals surface area contributed by atoms with E-state index in [1.165, 1.54) is 11.3 Å². The summed E-state index contributed by atoms with van der Waals surface area (Å²) in [5.41, 5.74) is 1.78. The SMILES string of the molecule is CNC(=O)C1CCCN1C(=O)c1sc(-c2ccsc2)nc1C. The normalized spacial score (nSPS) is 17.7. The van der Waals surface area contributed by atoms with Crippen LogP contribution in [-0.2, 0) is 4.79 Å². The number of aryl methyl sites for hydroxylation is 1. The van der Waals surface area contributed by atoms with Gasteiger partial charge in [0.05, 0.1) is 5.69 Å². The van der Waals surface area contributed by atoms with Crippen LogP contribution in [0.3, 0.4) is 0 Å². The average Bonchev–Trinajstić information content (AvgIpc) is 3.25. The maximum absolute atomic E-state index is 12.8. The molecule has 0 bridgehead atoms. The van der Waals surface area contributed by atoms with Crippen LogP contribution >= 0.6 is 22.7 Å². The molecule has 116 valence electrons. The quantitative estimate of drug-likeness (QED) is 0.937. The van der Waals surface area contributed by atoms with Crippen molar-refractivity contribution in [2.24, 2.45) is 0 Å². The van der Waals surface area contributed by atoms with Gasteiger partial charge in [0.25, 0.3) is 5.91 Å². The molecule has 0 aromatic carbocycles. The molecule has 0 spiro atoms. The first-order chi connectivity index (χ1) is 10.6. The second-order valence-electron chi connectivity index (χ2n) is 5.22. The van der Waals surface area contributed by atoms with E-state index < -0.39 is 0 Å². The van der Waals surface area contributed by atoms with E-state index in [4.69, 9.17) is 0 Å². The highest BCUT2D eigenvalue weighted by atomic mass is 32.1. The van der Waals surface area contributed by atoms with Crippen LogP contribution in [0.4, 0.5) is 0 Å². The molecule has 2 aromatic heterocycles. The Balaban J connectivity index is 1.87. The minimum atomic E-state index is -0.358.